The van der Waals surface area contributed by atoms with E-state index >= 15 is 0 Å². The lowest BCUT2D eigenvalue weighted by atomic mass is 10.2. The zero-order valence-electron chi connectivity index (χ0n) is 9.46. The normalized spacial score (nSPS) is 14.9. The molecular weight excluding hydrogens is 234 g/mol. The van der Waals surface area contributed by atoms with Gasteiger partial charge in [0.25, 0.3) is 0 Å². The number of rotatable bonds is 2. The van der Waals surface area contributed by atoms with E-state index in [0.717, 1.165) is 12.8 Å². The highest BCUT2D eigenvalue weighted by Gasteiger charge is 2.27. The van der Waals surface area contributed by atoms with E-state index in [9.17, 15) is 9.59 Å². The Morgan fingerprint density at radius 2 is 2.22 bits per heavy atom. The number of carbonyl (C=O) groups is 1. The van der Waals surface area contributed by atoms with Crippen LogP contribution in [0.5, 0.6) is 0 Å². The fourth-order valence-corrected chi connectivity index (χ4v) is 2.04. The van der Waals surface area contributed by atoms with Crippen LogP contribution in [-0.2, 0) is 0 Å². The number of hydrogen-bond acceptors (Lipinski definition) is 4. The first kappa shape index (κ1) is 10.8. The van der Waals surface area contributed by atoms with Crippen molar-refractivity contribution >= 4 is 22.7 Å². The minimum Gasteiger partial charge on any atom is -0.477 e. The quantitative estimate of drug-likeness (QED) is 0.822. The summed E-state index contributed by atoms with van der Waals surface area (Å²) in [6.07, 6.45) is 4.72. The van der Waals surface area contributed by atoms with Gasteiger partial charge in [-0.15, -0.1) is 0 Å². The molecular formula is C12H11N3O3. The molecule has 3 rings (SSSR count). The van der Waals surface area contributed by atoms with Gasteiger partial charge in [0.15, 0.2) is 0 Å². The summed E-state index contributed by atoms with van der Waals surface area (Å²) < 4.78 is 1.80. The Labute approximate surface area is 102 Å². The molecule has 0 radical (unpaired) electrons. The van der Waals surface area contributed by atoms with Gasteiger partial charge >= 0.3 is 5.97 Å². The van der Waals surface area contributed by atoms with Crippen LogP contribution in [0.15, 0.2) is 23.3 Å². The minimum absolute atomic E-state index is 0.163. The molecule has 6 nitrogen and oxygen atoms in total. The Hall–Kier alpha value is -2.37. The number of hydrogen-bond donors (Lipinski definition) is 2. The van der Waals surface area contributed by atoms with Gasteiger partial charge < -0.3 is 15.4 Å². The third kappa shape index (κ3) is 1.54. The molecule has 3 N–H and O–H groups in total. The predicted octanol–water partition coefficient (Wildman–Crippen LogP) is 1.01. The van der Waals surface area contributed by atoms with Crippen LogP contribution in [0.1, 0.15) is 29.2 Å². The van der Waals surface area contributed by atoms with Gasteiger partial charge in [0.2, 0.25) is 5.43 Å². The van der Waals surface area contributed by atoms with Crippen molar-refractivity contribution in [3.8, 4) is 0 Å². The van der Waals surface area contributed by atoms with E-state index in [1.165, 1.54) is 12.4 Å². The van der Waals surface area contributed by atoms with Crippen molar-refractivity contribution < 1.29 is 9.90 Å². The molecule has 0 atom stereocenters. The zero-order chi connectivity index (χ0) is 12.9. The maximum atomic E-state index is 12.0. The SMILES string of the molecule is Nc1cnc2c(=O)c(C(=O)O)cn(C3CC3)c2c1. The Bertz CT molecular complexity index is 716. The molecule has 0 amide bonds. The molecule has 0 unspecified atom stereocenters. The fourth-order valence-electron chi connectivity index (χ4n) is 2.04. The summed E-state index contributed by atoms with van der Waals surface area (Å²) in [4.78, 5) is 27.0. The van der Waals surface area contributed by atoms with Crippen LogP contribution in [0.3, 0.4) is 0 Å². The highest BCUT2D eigenvalue weighted by atomic mass is 16.4. The van der Waals surface area contributed by atoms with Crippen LogP contribution in [0.2, 0.25) is 0 Å². The zero-order valence-corrected chi connectivity index (χ0v) is 9.46. The number of carboxylic acids is 1. The lowest BCUT2D eigenvalue weighted by molar-refractivity contribution is 0.0695. The van der Waals surface area contributed by atoms with Crippen LogP contribution in [0.25, 0.3) is 11.0 Å². The van der Waals surface area contributed by atoms with Gasteiger partial charge in [-0.05, 0) is 18.9 Å². The summed E-state index contributed by atoms with van der Waals surface area (Å²) in [7, 11) is 0. The standard InChI is InChI=1S/C12H11N3O3/c13-6-3-9-10(14-4-6)11(16)8(12(17)18)5-15(9)7-1-2-7/h3-5,7H,1-2,13H2,(H,17,18). The Kier molecular flexibility index (Phi) is 2.13. The van der Waals surface area contributed by atoms with Crippen LogP contribution in [-0.4, -0.2) is 20.6 Å². The Morgan fingerprint density at radius 3 is 2.83 bits per heavy atom. The predicted molar refractivity (Wildman–Crippen MR) is 65.6 cm³/mol. The average Bonchev–Trinajstić information content (AvgIpc) is 3.13. The van der Waals surface area contributed by atoms with Gasteiger partial charge in [0, 0.05) is 12.2 Å². The Balaban J connectivity index is 2.43. The van der Waals surface area contributed by atoms with E-state index in [2.05, 4.69) is 4.98 Å². The molecule has 2 aromatic rings. The first-order chi connectivity index (χ1) is 8.58. The molecule has 0 spiro atoms. The number of aromatic nitrogens is 2. The highest BCUT2D eigenvalue weighted by molar-refractivity contribution is 5.91. The lowest BCUT2D eigenvalue weighted by Gasteiger charge is -2.10. The monoisotopic (exact) mass is 245 g/mol. The Morgan fingerprint density at radius 1 is 1.50 bits per heavy atom. The molecule has 2 aromatic heterocycles. The second-order valence-corrected chi connectivity index (χ2v) is 4.45. The molecule has 0 aromatic carbocycles. The molecule has 92 valence electrons. The maximum absolute atomic E-state index is 12.0. The first-order valence-electron chi connectivity index (χ1n) is 5.61. The van der Waals surface area contributed by atoms with Gasteiger partial charge in [0.05, 0.1) is 17.4 Å². The minimum atomic E-state index is -1.23. The second kappa shape index (κ2) is 3.56. The van der Waals surface area contributed by atoms with Crippen LogP contribution in [0, 0.1) is 0 Å². The molecule has 18 heavy (non-hydrogen) atoms. The summed E-state index contributed by atoms with van der Waals surface area (Å²) in [5.74, 6) is -1.23. The van der Waals surface area contributed by atoms with Gasteiger partial charge in [-0.25, -0.2) is 9.78 Å². The van der Waals surface area contributed by atoms with Crippen LogP contribution >= 0.6 is 0 Å². The van der Waals surface area contributed by atoms with Gasteiger partial charge in [0.1, 0.15) is 11.1 Å². The van der Waals surface area contributed by atoms with E-state index in [4.69, 9.17) is 10.8 Å². The van der Waals surface area contributed by atoms with Crippen molar-refractivity contribution in [1.29, 1.82) is 0 Å². The van der Waals surface area contributed by atoms with E-state index in [0.29, 0.717) is 11.2 Å². The number of nitrogen functional groups attached to an aromatic ring is 1. The first-order valence-corrected chi connectivity index (χ1v) is 5.61. The smallest absolute Gasteiger partial charge is 0.341 e. The molecule has 1 aliphatic carbocycles. The summed E-state index contributed by atoms with van der Waals surface area (Å²) in [5.41, 5.74) is 6.09. The van der Waals surface area contributed by atoms with Crippen LogP contribution < -0.4 is 11.2 Å². The maximum Gasteiger partial charge on any atom is 0.341 e. The lowest BCUT2D eigenvalue weighted by Crippen LogP contribution is -2.19. The van der Waals surface area contributed by atoms with E-state index in [-0.39, 0.29) is 17.1 Å². The highest BCUT2D eigenvalue weighted by Crippen LogP contribution is 2.36. The molecule has 6 heteroatoms. The summed E-state index contributed by atoms with van der Waals surface area (Å²) in [5, 5.41) is 9.04. The molecule has 1 fully saturated rings. The van der Waals surface area contributed by atoms with Crippen molar-refractivity contribution in [2.75, 3.05) is 5.73 Å². The number of carboxylic acid groups (broad SMARTS) is 1. The van der Waals surface area contributed by atoms with Crippen molar-refractivity contribution in [2.24, 2.45) is 0 Å². The van der Waals surface area contributed by atoms with Gasteiger partial charge in [-0.1, -0.05) is 0 Å². The fraction of sp³-hybridized carbons (Fsp3) is 0.250. The molecule has 2 heterocycles. The molecule has 0 aliphatic heterocycles. The number of nitrogens with two attached hydrogens (primary N) is 1. The average molecular weight is 245 g/mol. The van der Waals surface area contributed by atoms with Gasteiger partial charge in [-0.2, -0.15) is 0 Å². The summed E-state index contributed by atoms with van der Waals surface area (Å²) in [6, 6.07) is 1.91. The summed E-state index contributed by atoms with van der Waals surface area (Å²) in [6.45, 7) is 0. The van der Waals surface area contributed by atoms with Crippen molar-refractivity contribution in [3.63, 3.8) is 0 Å². The number of pyridine rings is 2. The van der Waals surface area contributed by atoms with Crippen LogP contribution in [0.4, 0.5) is 5.69 Å². The molecule has 0 saturated heterocycles. The second-order valence-electron chi connectivity index (χ2n) is 4.45. The molecule has 0 bridgehead atoms. The van der Waals surface area contributed by atoms with E-state index in [1.54, 1.807) is 10.6 Å². The van der Waals surface area contributed by atoms with E-state index < -0.39 is 11.4 Å². The number of nitrogens with zero attached hydrogens (tertiary/aromatic N) is 2. The topological polar surface area (TPSA) is 98.2 Å². The molecule has 1 aliphatic rings. The van der Waals surface area contributed by atoms with Crippen molar-refractivity contribution in [2.45, 2.75) is 18.9 Å². The molecule has 1 saturated carbocycles. The van der Waals surface area contributed by atoms with Crippen molar-refractivity contribution in [3.05, 3.63) is 34.2 Å². The summed E-state index contributed by atoms with van der Waals surface area (Å²) >= 11 is 0. The number of fused-ring (bicyclic) bond motifs is 1. The van der Waals surface area contributed by atoms with E-state index in [1.807, 2.05) is 0 Å². The number of aromatic carboxylic acids is 1. The third-order valence-electron chi connectivity index (χ3n) is 3.07. The number of anilines is 1. The van der Waals surface area contributed by atoms with Crippen molar-refractivity contribution in [1.82, 2.24) is 9.55 Å². The largest absolute Gasteiger partial charge is 0.477 e. The third-order valence-corrected chi connectivity index (χ3v) is 3.07. The van der Waals surface area contributed by atoms with Gasteiger partial charge in [-0.3, -0.25) is 4.79 Å².